The van der Waals surface area contributed by atoms with Gasteiger partial charge in [-0.1, -0.05) is 20.3 Å². The molecule has 2 fully saturated rings. The van der Waals surface area contributed by atoms with E-state index in [2.05, 4.69) is 18.7 Å². The van der Waals surface area contributed by atoms with Gasteiger partial charge in [0.25, 0.3) is 0 Å². The molecule has 94 valence electrons. The molecule has 0 unspecified atom stereocenters. The van der Waals surface area contributed by atoms with E-state index < -0.39 is 0 Å². The molecular weight excluding hydrogens is 198 g/mol. The summed E-state index contributed by atoms with van der Waals surface area (Å²) in [6, 6.07) is 0. The van der Waals surface area contributed by atoms with Crippen LogP contribution in [0.15, 0.2) is 0 Å². The third-order valence-corrected chi connectivity index (χ3v) is 4.95. The van der Waals surface area contributed by atoms with Gasteiger partial charge >= 0.3 is 0 Å². The van der Waals surface area contributed by atoms with Crippen LogP contribution >= 0.6 is 0 Å². The van der Waals surface area contributed by atoms with Gasteiger partial charge in [-0.3, -0.25) is 4.90 Å². The maximum atomic E-state index is 5.48. The average Bonchev–Trinajstić information content (AvgIpc) is 2.40. The number of morpholine rings is 1. The molecule has 1 saturated carbocycles. The minimum absolute atomic E-state index is 0.523. The average molecular weight is 225 g/mol. The van der Waals surface area contributed by atoms with E-state index in [1.807, 2.05) is 0 Å². The number of hydrogen-bond acceptors (Lipinski definition) is 2. The fraction of sp³-hybridized carbons (Fsp3) is 1.00. The van der Waals surface area contributed by atoms with E-state index in [0.717, 1.165) is 32.2 Å². The van der Waals surface area contributed by atoms with Crippen molar-refractivity contribution in [3.8, 4) is 0 Å². The maximum Gasteiger partial charge on any atom is 0.0594 e. The molecule has 16 heavy (non-hydrogen) atoms. The molecule has 2 nitrogen and oxygen atoms in total. The molecule has 1 saturated heterocycles. The molecule has 2 rings (SSSR count). The van der Waals surface area contributed by atoms with Gasteiger partial charge in [0, 0.05) is 18.6 Å². The van der Waals surface area contributed by atoms with Crippen LogP contribution in [-0.4, -0.2) is 36.7 Å². The molecule has 2 heteroatoms. The van der Waals surface area contributed by atoms with Crippen molar-refractivity contribution in [1.82, 2.24) is 4.90 Å². The highest BCUT2D eigenvalue weighted by atomic mass is 16.5. The van der Waals surface area contributed by atoms with Crippen LogP contribution in [0.4, 0.5) is 0 Å². The van der Waals surface area contributed by atoms with Crippen LogP contribution in [0.3, 0.4) is 0 Å². The molecule has 0 N–H and O–H groups in total. The number of rotatable bonds is 3. The highest BCUT2D eigenvalue weighted by molar-refractivity contribution is 4.94. The van der Waals surface area contributed by atoms with E-state index in [1.165, 1.54) is 38.5 Å². The van der Waals surface area contributed by atoms with Crippen LogP contribution in [0.5, 0.6) is 0 Å². The van der Waals surface area contributed by atoms with Crippen LogP contribution in [0, 0.1) is 5.92 Å². The highest BCUT2D eigenvalue weighted by Gasteiger charge is 2.38. The monoisotopic (exact) mass is 225 g/mol. The summed E-state index contributed by atoms with van der Waals surface area (Å²) in [4.78, 5) is 2.72. The van der Waals surface area contributed by atoms with E-state index in [1.54, 1.807) is 0 Å². The summed E-state index contributed by atoms with van der Waals surface area (Å²) in [5, 5.41) is 0. The number of nitrogens with zero attached hydrogens (tertiary/aromatic N) is 1. The Bertz CT molecular complexity index is 203. The molecule has 1 heterocycles. The van der Waals surface area contributed by atoms with Crippen molar-refractivity contribution in [2.45, 2.75) is 57.9 Å². The Morgan fingerprint density at radius 3 is 2.25 bits per heavy atom. The number of hydrogen-bond donors (Lipinski definition) is 0. The Hall–Kier alpha value is -0.0800. The highest BCUT2D eigenvalue weighted by Crippen LogP contribution is 2.40. The van der Waals surface area contributed by atoms with Gasteiger partial charge in [0.05, 0.1) is 13.2 Å². The van der Waals surface area contributed by atoms with Crippen LogP contribution in [0.1, 0.15) is 52.4 Å². The molecule has 0 aromatic heterocycles. The Morgan fingerprint density at radius 2 is 1.75 bits per heavy atom. The first kappa shape index (κ1) is 12.4. The van der Waals surface area contributed by atoms with Gasteiger partial charge in [-0.05, 0) is 38.0 Å². The third-order valence-electron chi connectivity index (χ3n) is 4.95. The normalized spacial score (nSPS) is 37.5. The first-order valence-corrected chi connectivity index (χ1v) is 7.13. The van der Waals surface area contributed by atoms with Gasteiger partial charge in [-0.25, -0.2) is 0 Å². The molecule has 2 aliphatic rings. The quantitative estimate of drug-likeness (QED) is 0.732. The van der Waals surface area contributed by atoms with Crippen LogP contribution in [-0.2, 0) is 4.74 Å². The predicted octanol–water partition coefficient (Wildman–Crippen LogP) is 3.07. The van der Waals surface area contributed by atoms with Gasteiger partial charge < -0.3 is 4.74 Å². The molecule has 0 bridgehead atoms. The second-order valence-corrected chi connectivity index (χ2v) is 5.53. The molecular formula is C14H27NO. The van der Waals surface area contributed by atoms with Crippen molar-refractivity contribution < 1.29 is 4.74 Å². The summed E-state index contributed by atoms with van der Waals surface area (Å²) in [5.74, 6) is 1.00. The Balaban J connectivity index is 1.96. The molecule has 0 aromatic carbocycles. The van der Waals surface area contributed by atoms with E-state index in [0.29, 0.717) is 5.54 Å². The smallest absolute Gasteiger partial charge is 0.0594 e. The van der Waals surface area contributed by atoms with Gasteiger partial charge in [0.1, 0.15) is 0 Å². The van der Waals surface area contributed by atoms with Crippen molar-refractivity contribution in [3.63, 3.8) is 0 Å². The molecule has 0 aromatic rings. The molecule has 1 aliphatic heterocycles. The lowest BCUT2D eigenvalue weighted by molar-refractivity contribution is -0.0447. The minimum Gasteiger partial charge on any atom is -0.379 e. The summed E-state index contributed by atoms with van der Waals surface area (Å²) in [6.07, 6.45) is 8.43. The zero-order valence-corrected chi connectivity index (χ0v) is 11.0. The second kappa shape index (κ2) is 5.50. The number of ether oxygens (including phenoxy) is 1. The van der Waals surface area contributed by atoms with E-state index in [4.69, 9.17) is 4.74 Å². The minimum atomic E-state index is 0.523. The molecule has 0 amide bonds. The van der Waals surface area contributed by atoms with Crippen molar-refractivity contribution in [2.24, 2.45) is 5.92 Å². The molecule has 0 atom stereocenters. The van der Waals surface area contributed by atoms with Crippen molar-refractivity contribution in [2.75, 3.05) is 26.3 Å². The van der Waals surface area contributed by atoms with E-state index >= 15 is 0 Å². The first-order valence-electron chi connectivity index (χ1n) is 7.13. The Morgan fingerprint density at radius 1 is 1.12 bits per heavy atom. The lowest BCUT2D eigenvalue weighted by Crippen LogP contribution is -2.54. The molecule has 1 aliphatic carbocycles. The van der Waals surface area contributed by atoms with Gasteiger partial charge in [-0.15, -0.1) is 0 Å². The van der Waals surface area contributed by atoms with Crippen molar-refractivity contribution in [1.29, 1.82) is 0 Å². The van der Waals surface area contributed by atoms with Gasteiger partial charge in [0.15, 0.2) is 0 Å². The summed E-state index contributed by atoms with van der Waals surface area (Å²) in [6.45, 7) is 8.92. The van der Waals surface area contributed by atoms with E-state index in [9.17, 15) is 0 Å². The fourth-order valence-electron chi connectivity index (χ4n) is 3.55. The van der Waals surface area contributed by atoms with E-state index in [-0.39, 0.29) is 0 Å². The lowest BCUT2D eigenvalue weighted by Gasteiger charge is -2.49. The standard InChI is InChI=1S/C14H27NO/c1-3-13-5-7-14(4-2,8-6-13)15-9-11-16-12-10-15/h13H,3-12H2,1-2H3. The van der Waals surface area contributed by atoms with Crippen molar-refractivity contribution in [3.05, 3.63) is 0 Å². The van der Waals surface area contributed by atoms with Crippen LogP contribution in [0.2, 0.25) is 0 Å². The Labute approximate surface area is 100 Å². The molecule has 0 spiro atoms. The summed E-state index contributed by atoms with van der Waals surface area (Å²) >= 11 is 0. The van der Waals surface area contributed by atoms with Crippen LogP contribution in [0.25, 0.3) is 0 Å². The van der Waals surface area contributed by atoms with Gasteiger partial charge in [-0.2, -0.15) is 0 Å². The lowest BCUT2D eigenvalue weighted by atomic mass is 9.73. The first-order chi connectivity index (χ1) is 7.80. The third kappa shape index (κ3) is 2.43. The molecule has 0 radical (unpaired) electrons. The predicted molar refractivity (Wildman–Crippen MR) is 67.7 cm³/mol. The maximum absolute atomic E-state index is 5.48. The summed E-state index contributed by atoms with van der Waals surface area (Å²) in [7, 11) is 0. The Kier molecular flexibility index (Phi) is 4.26. The summed E-state index contributed by atoms with van der Waals surface area (Å²) < 4.78 is 5.48. The zero-order chi connectivity index (χ0) is 11.4. The van der Waals surface area contributed by atoms with Gasteiger partial charge in [0.2, 0.25) is 0 Å². The topological polar surface area (TPSA) is 12.5 Å². The van der Waals surface area contributed by atoms with Crippen molar-refractivity contribution >= 4 is 0 Å². The largest absolute Gasteiger partial charge is 0.379 e. The summed E-state index contributed by atoms with van der Waals surface area (Å²) in [5.41, 5.74) is 0.523. The fourth-order valence-corrected chi connectivity index (χ4v) is 3.55. The van der Waals surface area contributed by atoms with Crippen LogP contribution < -0.4 is 0 Å². The second-order valence-electron chi connectivity index (χ2n) is 5.53. The SMILES string of the molecule is CCC1CCC(CC)(N2CCOCC2)CC1. The zero-order valence-electron chi connectivity index (χ0n) is 11.0.